The van der Waals surface area contributed by atoms with E-state index in [-0.39, 0.29) is 11.6 Å². The van der Waals surface area contributed by atoms with Crippen LogP contribution in [0.4, 0.5) is 24.7 Å². The highest BCUT2D eigenvalue weighted by molar-refractivity contribution is 5.61. The molecule has 0 atom stereocenters. The third kappa shape index (κ3) is 2.71. The van der Waals surface area contributed by atoms with Crippen LogP contribution in [-0.2, 0) is 6.18 Å². The number of pyridine rings is 1. The summed E-state index contributed by atoms with van der Waals surface area (Å²) in [6.07, 6.45) is -2.89. The molecule has 2 aromatic rings. The number of hydrogen-bond donors (Lipinski definition) is 2. The summed E-state index contributed by atoms with van der Waals surface area (Å²) in [5, 5.41) is 12.2. The molecule has 0 saturated heterocycles. The third-order valence-electron chi connectivity index (χ3n) is 2.26. The van der Waals surface area contributed by atoms with Crippen LogP contribution in [0.3, 0.4) is 0 Å². The molecule has 0 aliphatic carbocycles. The van der Waals surface area contributed by atoms with E-state index in [4.69, 9.17) is 0 Å². The molecule has 3 nitrogen and oxygen atoms in total. The van der Waals surface area contributed by atoms with Gasteiger partial charge in [-0.05, 0) is 36.4 Å². The van der Waals surface area contributed by atoms with E-state index in [1.807, 2.05) is 0 Å². The SMILES string of the molecule is Oc1cccnc1Nc1ccc(C(F)(F)F)cc1. The van der Waals surface area contributed by atoms with E-state index in [0.29, 0.717) is 5.69 Å². The van der Waals surface area contributed by atoms with Crippen molar-refractivity contribution >= 4 is 11.5 Å². The molecule has 1 aromatic heterocycles. The number of nitrogens with zero attached hydrogens (tertiary/aromatic N) is 1. The van der Waals surface area contributed by atoms with Crippen molar-refractivity contribution in [1.29, 1.82) is 0 Å². The minimum atomic E-state index is -4.36. The summed E-state index contributed by atoms with van der Waals surface area (Å²) in [7, 11) is 0. The van der Waals surface area contributed by atoms with E-state index in [9.17, 15) is 18.3 Å². The molecule has 0 bridgehead atoms. The quantitative estimate of drug-likeness (QED) is 0.861. The maximum absolute atomic E-state index is 12.3. The Morgan fingerprint density at radius 2 is 1.72 bits per heavy atom. The number of rotatable bonds is 2. The number of halogens is 3. The number of benzene rings is 1. The van der Waals surface area contributed by atoms with Gasteiger partial charge in [0.25, 0.3) is 0 Å². The Morgan fingerprint density at radius 1 is 1.06 bits per heavy atom. The minimum Gasteiger partial charge on any atom is -0.504 e. The topological polar surface area (TPSA) is 45.2 Å². The van der Waals surface area contributed by atoms with Gasteiger partial charge in [-0.15, -0.1) is 0 Å². The molecule has 0 fully saturated rings. The van der Waals surface area contributed by atoms with E-state index >= 15 is 0 Å². The van der Waals surface area contributed by atoms with Crippen molar-refractivity contribution in [3.8, 4) is 5.75 Å². The average Bonchev–Trinajstić information content (AvgIpc) is 2.32. The summed E-state index contributed by atoms with van der Waals surface area (Å²) >= 11 is 0. The Bertz CT molecular complexity index is 538. The molecule has 18 heavy (non-hydrogen) atoms. The second-order valence-corrected chi connectivity index (χ2v) is 3.57. The minimum absolute atomic E-state index is 0.0719. The van der Waals surface area contributed by atoms with Gasteiger partial charge in [-0.3, -0.25) is 0 Å². The van der Waals surface area contributed by atoms with Gasteiger partial charge in [-0.25, -0.2) is 4.98 Å². The number of nitrogens with one attached hydrogen (secondary N) is 1. The van der Waals surface area contributed by atoms with Crippen LogP contribution < -0.4 is 5.32 Å². The van der Waals surface area contributed by atoms with Crippen LogP contribution >= 0.6 is 0 Å². The number of anilines is 2. The lowest BCUT2D eigenvalue weighted by Crippen LogP contribution is -2.04. The number of aromatic nitrogens is 1. The van der Waals surface area contributed by atoms with Gasteiger partial charge in [0, 0.05) is 11.9 Å². The zero-order valence-corrected chi connectivity index (χ0v) is 9.07. The summed E-state index contributed by atoms with van der Waals surface area (Å²) in [4.78, 5) is 3.86. The molecule has 0 aliphatic rings. The van der Waals surface area contributed by atoms with Crippen LogP contribution in [0, 0.1) is 0 Å². The van der Waals surface area contributed by atoms with Gasteiger partial charge < -0.3 is 10.4 Å². The fourth-order valence-electron chi connectivity index (χ4n) is 1.37. The van der Waals surface area contributed by atoms with E-state index in [0.717, 1.165) is 12.1 Å². The number of hydrogen-bond acceptors (Lipinski definition) is 3. The second kappa shape index (κ2) is 4.56. The Kier molecular flexibility index (Phi) is 3.10. The van der Waals surface area contributed by atoms with Gasteiger partial charge in [0.2, 0.25) is 0 Å². The zero-order valence-electron chi connectivity index (χ0n) is 9.07. The monoisotopic (exact) mass is 254 g/mol. The number of alkyl halides is 3. The molecule has 6 heteroatoms. The predicted octanol–water partition coefficient (Wildman–Crippen LogP) is 3.55. The standard InChI is InChI=1S/C12H9F3N2O/c13-12(14,15)8-3-5-9(6-4-8)17-11-10(18)2-1-7-16-11/h1-7,18H,(H,16,17). The van der Waals surface area contributed by atoms with Crippen LogP contribution in [0.5, 0.6) is 5.75 Å². The van der Waals surface area contributed by atoms with Crippen LogP contribution in [-0.4, -0.2) is 10.1 Å². The third-order valence-corrected chi connectivity index (χ3v) is 2.26. The molecule has 1 heterocycles. The number of aromatic hydroxyl groups is 1. The molecule has 0 aliphatic heterocycles. The molecular formula is C12H9F3N2O. The average molecular weight is 254 g/mol. The van der Waals surface area contributed by atoms with E-state index in [1.54, 1.807) is 6.07 Å². The normalized spacial score (nSPS) is 11.3. The first kappa shape index (κ1) is 12.2. The van der Waals surface area contributed by atoms with Gasteiger partial charge in [-0.2, -0.15) is 13.2 Å². The van der Waals surface area contributed by atoms with Gasteiger partial charge in [0.1, 0.15) is 0 Å². The van der Waals surface area contributed by atoms with Crippen molar-refractivity contribution in [3.63, 3.8) is 0 Å². The summed E-state index contributed by atoms with van der Waals surface area (Å²) in [5.74, 6) is 0.120. The smallest absolute Gasteiger partial charge is 0.416 e. The van der Waals surface area contributed by atoms with E-state index in [1.165, 1.54) is 24.4 Å². The first-order chi connectivity index (χ1) is 8.47. The van der Waals surface area contributed by atoms with E-state index in [2.05, 4.69) is 10.3 Å². The summed E-state index contributed by atoms with van der Waals surface area (Å²) in [6, 6.07) is 7.45. The molecule has 0 amide bonds. The van der Waals surface area contributed by atoms with Crippen molar-refractivity contribution in [1.82, 2.24) is 4.98 Å². The Hall–Kier alpha value is -2.24. The largest absolute Gasteiger partial charge is 0.504 e. The first-order valence-electron chi connectivity index (χ1n) is 5.05. The van der Waals surface area contributed by atoms with Crippen LogP contribution in [0.25, 0.3) is 0 Å². The lowest BCUT2D eigenvalue weighted by molar-refractivity contribution is -0.137. The highest BCUT2D eigenvalue weighted by Gasteiger charge is 2.29. The molecule has 1 aromatic carbocycles. The van der Waals surface area contributed by atoms with Gasteiger partial charge in [-0.1, -0.05) is 0 Å². The molecule has 0 radical (unpaired) electrons. The predicted molar refractivity (Wildman–Crippen MR) is 60.6 cm³/mol. The van der Waals surface area contributed by atoms with Crippen molar-refractivity contribution in [2.75, 3.05) is 5.32 Å². The zero-order chi connectivity index (χ0) is 13.2. The van der Waals surface area contributed by atoms with Crippen molar-refractivity contribution in [2.24, 2.45) is 0 Å². The van der Waals surface area contributed by atoms with Gasteiger partial charge >= 0.3 is 6.18 Å². The lowest BCUT2D eigenvalue weighted by Gasteiger charge is -2.09. The van der Waals surface area contributed by atoms with Crippen LogP contribution in [0.15, 0.2) is 42.6 Å². The molecule has 2 rings (SSSR count). The van der Waals surface area contributed by atoms with Crippen molar-refractivity contribution in [3.05, 3.63) is 48.2 Å². The van der Waals surface area contributed by atoms with Crippen molar-refractivity contribution in [2.45, 2.75) is 6.18 Å². The second-order valence-electron chi connectivity index (χ2n) is 3.57. The molecule has 0 spiro atoms. The fourth-order valence-corrected chi connectivity index (χ4v) is 1.37. The molecule has 2 N–H and O–H groups in total. The van der Waals surface area contributed by atoms with Gasteiger partial charge in [0.15, 0.2) is 11.6 Å². The molecule has 94 valence electrons. The Morgan fingerprint density at radius 3 is 2.28 bits per heavy atom. The van der Waals surface area contributed by atoms with E-state index < -0.39 is 11.7 Å². The van der Waals surface area contributed by atoms with Crippen molar-refractivity contribution < 1.29 is 18.3 Å². The Labute approximate surface area is 101 Å². The van der Waals surface area contributed by atoms with Crippen LogP contribution in [0.1, 0.15) is 5.56 Å². The Balaban J connectivity index is 2.19. The first-order valence-corrected chi connectivity index (χ1v) is 5.05. The highest BCUT2D eigenvalue weighted by Crippen LogP contribution is 2.30. The summed E-state index contributed by atoms with van der Waals surface area (Å²) in [6.45, 7) is 0. The highest BCUT2D eigenvalue weighted by atomic mass is 19.4. The summed E-state index contributed by atoms with van der Waals surface area (Å²) in [5.41, 5.74) is -0.310. The molecule has 0 unspecified atom stereocenters. The lowest BCUT2D eigenvalue weighted by atomic mass is 10.2. The maximum atomic E-state index is 12.3. The summed E-state index contributed by atoms with van der Waals surface area (Å²) < 4.78 is 37.0. The van der Waals surface area contributed by atoms with Gasteiger partial charge in [0.05, 0.1) is 5.56 Å². The molecular weight excluding hydrogens is 245 g/mol. The fraction of sp³-hybridized carbons (Fsp3) is 0.0833. The van der Waals surface area contributed by atoms with Crippen LogP contribution in [0.2, 0.25) is 0 Å². The maximum Gasteiger partial charge on any atom is 0.416 e. The molecule has 0 saturated carbocycles.